The third-order valence-corrected chi connectivity index (χ3v) is 10.1. The Morgan fingerprint density at radius 1 is 0.761 bits per heavy atom. The molecule has 8 rings (SSSR count). The second kappa shape index (κ2) is 12.1. The molecule has 3 aliphatic carbocycles. The summed E-state index contributed by atoms with van der Waals surface area (Å²) in [5, 5.41) is 1.30. The first-order valence-electron chi connectivity index (χ1n) is 16.9. The van der Waals surface area contributed by atoms with Crippen LogP contribution in [0, 0.1) is 0 Å². The van der Waals surface area contributed by atoms with Gasteiger partial charge < -0.3 is 20.1 Å². The van der Waals surface area contributed by atoms with Crippen molar-refractivity contribution in [2.45, 2.75) is 57.5 Å². The van der Waals surface area contributed by atoms with E-state index in [2.05, 4.69) is 137 Å². The van der Waals surface area contributed by atoms with Crippen molar-refractivity contribution in [3.05, 3.63) is 155 Å². The van der Waals surface area contributed by atoms with E-state index in [9.17, 15) is 0 Å². The Kier molecular flexibility index (Phi) is 7.49. The lowest BCUT2D eigenvalue weighted by atomic mass is 9.85. The van der Waals surface area contributed by atoms with Crippen LogP contribution in [-0.4, -0.2) is 22.1 Å². The highest BCUT2D eigenvalue weighted by Crippen LogP contribution is 2.47. The van der Waals surface area contributed by atoms with Crippen LogP contribution in [0.5, 0.6) is 0 Å². The number of hydrogen-bond donors (Lipinski definition) is 1. The van der Waals surface area contributed by atoms with E-state index >= 15 is 0 Å². The number of aromatic nitrogens is 1. The average Bonchev–Trinajstić information content (AvgIpc) is 3.44. The second-order valence-corrected chi connectivity index (χ2v) is 12.9. The molecule has 0 amide bonds. The summed E-state index contributed by atoms with van der Waals surface area (Å²) in [7, 11) is 0. The molecule has 0 saturated carbocycles. The number of benzene rings is 3. The number of para-hydroxylation sites is 2. The quantitative estimate of drug-likeness (QED) is 0.231. The maximum absolute atomic E-state index is 6.13. The van der Waals surface area contributed by atoms with Crippen LogP contribution < -0.4 is 10.6 Å². The van der Waals surface area contributed by atoms with Gasteiger partial charge in [0.1, 0.15) is 0 Å². The molecule has 46 heavy (non-hydrogen) atoms. The first-order valence-corrected chi connectivity index (χ1v) is 16.9. The zero-order valence-electron chi connectivity index (χ0n) is 26.6. The summed E-state index contributed by atoms with van der Waals surface area (Å²) in [5.41, 5.74) is 18.7. The van der Waals surface area contributed by atoms with Gasteiger partial charge in [0.15, 0.2) is 0 Å². The van der Waals surface area contributed by atoms with Gasteiger partial charge in [-0.05, 0) is 112 Å². The molecule has 1 aliphatic heterocycles. The van der Waals surface area contributed by atoms with Crippen LogP contribution in [0.25, 0.3) is 22.7 Å². The highest BCUT2D eigenvalue weighted by Gasteiger charge is 2.36. The van der Waals surface area contributed by atoms with Gasteiger partial charge in [0.05, 0.1) is 23.3 Å². The molecule has 2 atom stereocenters. The van der Waals surface area contributed by atoms with Gasteiger partial charge in [-0.3, -0.25) is 0 Å². The summed E-state index contributed by atoms with van der Waals surface area (Å²) in [6.07, 6.45) is 25.7. The SMILES string of the molecule is C/C1=C\CCCN(C2=CCCC=C2)C2CC=CC(N(c3ccccc3)C3CC=Cc4c3c3ccccc3n4-c3ccc(N)cc3)=C12. The molecule has 3 aromatic carbocycles. The number of allylic oxidation sites excluding steroid dienone is 5. The van der Waals surface area contributed by atoms with E-state index in [0.29, 0.717) is 6.04 Å². The highest BCUT2D eigenvalue weighted by atomic mass is 15.2. The van der Waals surface area contributed by atoms with Gasteiger partial charge in [-0.15, -0.1) is 0 Å². The van der Waals surface area contributed by atoms with Crippen LogP contribution in [0.3, 0.4) is 0 Å². The van der Waals surface area contributed by atoms with Gasteiger partial charge in [0, 0.05) is 51.5 Å². The van der Waals surface area contributed by atoms with Crippen molar-refractivity contribution >= 4 is 28.4 Å². The highest BCUT2D eigenvalue weighted by molar-refractivity contribution is 5.92. The van der Waals surface area contributed by atoms with Gasteiger partial charge in [-0.25, -0.2) is 0 Å². The predicted molar refractivity (Wildman–Crippen MR) is 194 cm³/mol. The minimum atomic E-state index is 0.119. The van der Waals surface area contributed by atoms with Crippen molar-refractivity contribution in [1.82, 2.24) is 9.47 Å². The van der Waals surface area contributed by atoms with Crippen LogP contribution in [0.1, 0.15) is 62.7 Å². The zero-order valence-corrected chi connectivity index (χ0v) is 26.6. The third-order valence-electron chi connectivity index (χ3n) is 10.1. The first-order chi connectivity index (χ1) is 22.7. The topological polar surface area (TPSA) is 37.4 Å². The Morgan fingerprint density at radius 3 is 2.39 bits per heavy atom. The Labute approximate surface area is 272 Å². The van der Waals surface area contributed by atoms with Crippen LogP contribution in [-0.2, 0) is 0 Å². The lowest BCUT2D eigenvalue weighted by molar-refractivity contribution is 0.281. The molecule has 0 fully saturated rings. The molecule has 4 aliphatic rings. The standard InChI is InChI=1S/C42H42N4/c1-30-14-10-11-29-44(32-15-4-2-5-16-32)37-21-12-22-38(41(30)37)46(33-17-6-3-7-18-33)40-24-13-23-39-42(40)35-19-8-9-20-36(35)45(39)34-27-25-31(43)26-28-34/h3-4,6-9,12-20,22-23,25-28,37,40H,2,5,10-11,21,24,29,43H2,1H3/b30-14+. The maximum Gasteiger partial charge on any atom is 0.0653 e. The lowest BCUT2D eigenvalue weighted by Crippen LogP contribution is -2.41. The summed E-state index contributed by atoms with van der Waals surface area (Å²) < 4.78 is 2.41. The molecule has 0 radical (unpaired) electrons. The molecule has 0 bridgehead atoms. The Balaban J connectivity index is 1.36. The van der Waals surface area contributed by atoms with Gasteiger partial charge in [0.25, 0.3) is 0 Å². The zero-order chi connectivity index (χ0) is 31.0. The average molecular weight is 603 g/mol. The molecule has 2 heterocycles. The number of fused-ring (bicyclic) bond motifs is 4. The largest absolute Gasteiger partial charge is 0.399 e. The predicted octanol–water partition coefficient (Wildman–Crippen LogP) is 10.0. The number of rotatable bonds is 5. The van der Waals surface area contributed by atoms with Crippen molar-refractivity contribution in [1.29, 1.82) is 0 Å². The van der Waals surface area contributed by atoms with Gasteiger partial charge in [0.2, 0.25) is 0 Å². The molecule has 230 valence electrons. The normalized spacial score (nSPS) is 22.1. The summed E-state index contributed by atoms with van der Waals surface area (Å²) in [4.78, 5) is 5.36. The van der Waals surface area contributed by atoms with Gasteiger partial charge >= 0.3 is 0 Å². The van der Waals surface area contributed by atoms with Gasteiger partial charge in [-0.1, -0.05) is 66.8 Å². The van der Waals surface area contributed by atoms with E-state index in [-0.39, 0.29) is 6.04 Å². The van der Waals surface area contributed by atoms with Gasteiger partial charge in [-0.2, -0.15) is 0 Å². The molecular weight excluding hydrogens is 560 g/mol. The van der Waals surface area contributed by atoms with Crippen LogP contribution >= 0.6 is 0 Å². The number of nitrogens with two attached hydrogens (primary N) is 1. The van der Waals surface area contributed by atoms with E-state index in [4.69, 9.17) is 5.73 Å². The number of nitrogen functional groups attached to an aromatic ring is 1. The molecule has 2 unspecified atom stereocenters. The smallest absolute Gasteiger partial charge is 0.0653 e. The molecule has 1 aromatic heterocycles. The van der Waals surface area contributed by atoms with Crippen molar-refractivity contribution in [3.63, 3.8) is 0 Å². The molecule has 4 nitrogen and oxygen atoms in total. The Morgan fingerprint density at radius 2 is 1.57 bits per heavy atom. The number of hydrogen-bond acceptors (Lipinski definition) is 3. The maximum atomic E-state index is 6.13. The monoisotopic (exact) mass is 602 g/mol. The Bertz CT molecular complexity index is 1950. The minimum Gasteiger partial charge on any atom is -0.399 e. The van der Waals surface area contributed by atoms with E-state index in [1.807, 2.05) is 12.1 Å². The fourth-order valence-corrected chi connectivity index (χ4v) is 8.05. The van der Waals surface area contributed by atoms with E-state index < -0.39 is 0 Å². The van der Waals surface area contributed by atoms with Crippen molar-refractivity contribution in [2.75, 3.05) is 17.2 Å². The summed E-state index contributed by atoms with van der Waals surface area (Å²) in [6, 6.07) is 28.7. The first kappa shape index (κ1) is 28.5. The molecular formula is C42H42N4. The van der Waals surface area contributed by atoms with Crippen LogP contribution in [0.15, 0.2) is 144 Å². The van der Waals surface area contributed by atoms with Crippen LogP contribution in [0.2, 0.25) is 0 Å². The van der Waals surface area contributed by atoms with E-state index in [1.54, 1.807) is 0 Å². The van der Waals surface area contributed by atoms with Crippen molar-refractivity contribution in [2.24, 2.45) is 0 Å². The fourth-order valence-electron chi connectivity index (χ4n) is 8.05. The number of nitrogens with zero attached hydrogens (tertiary/aromatic N) is 3. The minimum absolute atomic E-state index is 0.119. The van der Waals surface area contributed by atoms with Crippen molar-refractivity contribution < 1.29 is 0 Å². The second-order valence-electron chi connectivity index (χ2n) is 12.9. The lowest BCUT2D eigenvalue weighted by Gasteiger charge is -2.44. The fraction of sp³-hybridized carbons (Fsp3) is 0.238. The van der Waals surface area contributed by atoms with Crippen LogP contribution in [0.4, 0.5) is 11.4 Å². The molecule has 4 aromatic rings. The Hall–Kier alpha value is -4.96. The molecule has 2 N–H and O–H groups in total. The molecule has 0 saturated heterocycles. The summed E-state index contributed by atoms with van der Waals surface area (Å²) in [6.45, 7) is 3.42. The number of anilines is 2. The summed E-state index contributed by atoms with van der Waals surface area (Å²) >= 11 is 0. The summed E-state index contributed by atoms with van der Waals surface area (Å²) in [5.74, 6) is 0. The third kappa shape index (κ3) is 4.93. The molecule has 4 heteroatoms. The van der Waals surface area contributed by atoms with Crippen molar-refractivity contribution in [3.8, 4) is 5.69 Å². The van der Waals surface area contributed by atoms with E-state index in [1.165, 1.54) is 56.8 Å². The molecule has 0 spiro atoms. The van der Waals surface area contributed by atoms with E-state index in [0.717, 1.165) is 50.0 Å².